The molecule has 0 atom stereocenters. The predicted molar refractivity (Wildman–Crippen MR) is 77.8 cm³/mol. The van der Waals surface area contributed by atoms with Crippen LogP contribution in [0.25, 0.3) is 0 Å². The van der Waals surface area contributed by atoms with Crippen LogP contribution in [0.3, 0.4) is 0 Å². The summed E-state index contributed by atoms with van der Waals surface area (Å²) in [7, 11) is 0. The number of halogens is 2. The highest BCUT2D eigenvalue weighted by atomic mass is 32.1. The minimum absolute atomic E-state index is 0.0360. The van der Waals surface area contributed by atoms with Gasteiger partial charge in [-0.1, -0.05) is 0 Å². The van der Waals surface area contributed by atoms with E-state index in [0.717, 1.165) is 51.0 Å². The molecule has 0 unspecified atom stereocenters. The average molecular weight is 301 g/mol. The molecule has 2 rings (SSSR count). The highest BCUT2D eigenvalue weighted by Gasteiger charge is 2.10. The molecule has 0 amide bonds. The number of rotatable bonds is 4. The van der Waals surface area contributed by atoms with Gasteiger partial charge in [-0.25, -0.2) is 8.78 Å². The van der Waals surface area contributed by atoms with Crippen LogP contribution in [0.15, 0.2) is 18.2 Å². The molecule has 1 fully saturated rings. The number of hydrogen-bond donors (Lipinski definition) is 2. The van der Waals surface area contributed by atoms with Crippen molar-refractivity contribution in [1.29, 1.82) is 0 Å². The Balaban J connectivity index is 1.73. The lowest BCUT2D eigenvalue weighted by atomic mass is 10.3. The van der Waals surface area contributed by atoms with Gasteiger partial charge in [0.15, 0.2) is 5.11 Å². The van der Waals surface area contributed by atoms with Crippen LogP contribution >= 0.6 is 12.2 Å². The molecule has 110 valence electrons. The molecule has 0 bridgehead atoms. The van der Waals surface area contributed by atoms with Gasteiger partial charge in [0.1, 0.15) is 11.6 Å². The number of ether oxygens (including phenoxy) is 1. The molecule has 2 N–H and O–H groups in total. The summed E-state index contributed by atoms with van der Waals surface area (Å²) in [6.07, 6.45) is 0. The molecule has 1 aromatic rings. The van der Waals surface area contributed by atoms with Crippen molar-refractivity contribution in [3.8, 4) is 0 Å². The molecule has 0 spiro atoms. The van der Waals surface area contributed by atoms with Gasteiger partial charge in [-0.2, -0.15) is 0 Å². The van der Waals surface area contributed by atoms with Crippen LogP contribution in [0.5, 0.6) is 0 Å². The number of benzene rings is 1. The number of anilines is 1. The molecule has 0 radical (unpaired) electrons. The van der Waals surface area contributed by atoms with E-state index in [-0.39, 0.29) is 10.8 Å². The summed E-state index contributed by atoms with van der Waals surface area (Å²) < 4.78 is 31.7. The van der Waals surface area contributed by atoms with Crippen molar-refractivity contribution in [2.24, 2.45) is 0 Å². The maximum absolute atomic E-state index is 13.4. The van der Waals surface area contributed by atoms with Crippen LogP contribution < -0.4 is 10.6 Å². The van der Waals surface area contributed by atoms with E-state index in [4.69, 9.17) is 17.0 Å². The molecule has 1 heterocycles. The fourth-order valence-corrected chi connectivity index (χ4v) is 2.12. The van der Waals surface area contributed by atoms with E-state index in [1.54, 1.807) is 0 Å². The Kier molecular flexibility index (Phi) is 5.63. The van der Waals surface area contributed by atoms with Crippen LogP contribution in [0, 0.1) is 11.6 Å². The molecular formula is C13H17F2N3OS. The lowest BCUT2D eigenvalue weighted by Gasteiger charge is -2.26. The van der Waals surface area contributed by atoms with E-state index in [9.17, 15) is 8.78 Å². The quantitative estimate of drug-likeness (QED) is 0.826. The Morgan fingerprint density at radius 3 is 2.80 bits per heavy atom. The fraction of sp³-hybridized carbons (Fsp3) is 0.462. The van der Waals surface area contributed by atoms with Crippen molar-refractivity contribution in [2.75, 3.05) is 44.7 Å². The van der Waals surface area contributed by atoms with Gasteiger partial charge in [0.05, 0.1) is 18.9 Å². The Morgan fingerprint density at radius 1 is 1.30 bits per heavy atom. The molecule has 4 nitrogen and oxygen atoms in total. The Labute approximate surface area is 122 Å². The van der Waals surface area contributed by atoms with E-state index in [2.05, 4.69) is 15.5 Å². The first-order valence-corrected chi connectivity index (χ1v) is 6.86. The van der Waals surface area contributed by atoms with Crippen LogP contribution in [0.2, 0.25) is 0 Å². The van der Waals surface area contributed by atoms with Gasteiger partial charge in [0, 0.05) is 32.2 Å². The Hall–Kier alpha value is -1.31. The first kappa shape index (κ1) is 15.1. The number of nitrogens with one attached hydrogen (secondary N) is 2. The zero-order valence-electron chi connectivity index (χ0n) is 11.0. The van der Waals surface area contributed by atoms with E-state index >= 15 is 0 Å². The van der Waals surface area contributed by atoms with Crippen LogP contribution in [0.4, 0.5) is 14.5 Å². The lowest BCUT2D eigenvalue weighted by molar-refractivity contribution is 0.0389. The summed E-state index contributed by atoms with van der Waals surface area (Å²) in [5.41, 5.74) is 0.0360. The first-order valence-electron chi connectivity index (χ1n) is 6.45. The number of hydrogen-bond acceptors (Lipinski definition) is 3. The largest absolute Gasteiger partial charge is 0.379 e. The number of nitrogens with zero attached hydrogens (tertiary/aromatic N) is 1. The van der Waals surface area contributed by atoms with Gasteiger partial charge in [-0.15, -0.1) is 0 Å². The first-order chi connectivity index (χ1) is 9.65. The average Bonchev–Trinajstić information content (AvgIpc) is 2.44. The molecule has 0 aliphatic carbocycles. The summed E-state index contributed by atoms with van der Waals surface area (Å²) >= 11 is 5.05. The second-order valence-corrected chi connectivity index (χ2v) is 4.87. The van der Waals surface area contributed by atoms with Crippen LogP contribution in [0.1, 0.15) is 0 Å². The van der Waals surface area contributed by atoms with Gasteiger partial charge in [-0.05, 0) is 24.4 Å². The Morgan fingerprint density at radius 2 is 2.05 bits per heavy atom. The summed E-state index contributed by atoms with van der Waals surface area (Å²) in [4.78, 5) is 2.25. The van der Waals surface area contributed by atoms with Gasteiger partial charge in [0.25, 0.3) is 0 Å². The molecule has 20 heavy (non-hydrogen) atoms. The zero-order valence-corrected chi connectivity index (χ0v) is 11.8. The third-order valence-corrected chi connectivity index (χ3v) is 3.24. The van der Waals surface area contributed by atoms with Crippen molar-refractivity contribution in [3.63, 3.8) is 0 Å². The SMILES string of the molecule is Fc1ccc(F)c(NC(=S)NCCN2CCOCC2)c1. The molecule has 7 heteroatoms. The number of thiocarbonyl (C=S) groups is 1. The smallest absolute Gasteiger partial charge is 0.170 e. The lowest BCUT2D eigenvalue weighted by Crippen LogP contribution is -2.42. The third-order valence-electron chi connectivity index (χ3n) is 2.99. The number of morpholine rings is 1. The maximum atomic E-state index is 13.4. The molecule has 1 aliphatic rings. The molecule has 1 aliphatic heterocycles. The van der Waals surface area contributed by atoms with Crippen molar-refractivity contribution in [2.45, 2.75) is 0 Å². The third kappa shape index (κ3) is 4.66. The second-order valence-electron chi connectivity index (χ2n) is 4.46. The summed E-state index contributed by atoms with van der Waals surface area (Å²) in [6, 6.07) is 3.20. The molecule has 1 saturated heterocycles. The van der Waals surface area contributed by atoms with Crippen molar-refractivity contribution >= 4 is 23.0 Å². The van der Waals surface area contributed by atoms with Crippen molar-refractivity contribution in [1.82, 2.24) is 10.2 Å². The molecular weight excluding hydrogens is 284 g/mol. The maximum Gasteiger partial charge on any atom is 0.170 e. The Bertz CT molecular complexity index is 467. The van der Waals surface area contributed by atoms with Gasteiger partial charge in [0.2, 0.25) is 0 Å². The van der Waals surface area contributed by atoms with E-state index in [1.165, 1.54) is 0 Å². The summed E-state index contributed by atoms with van der Waals surface area (Å²) in [5.74, 6) is -1.05. The van der Waals surface area contributed by atoms with Gasteiger partial charge in [-0.3, -0.25) is 4.90 Å². The standard InChI is InChI=1S/C13H17F2N3OS/c14-10-1-2-11(15)12(9-10)17-13(20)16-3-4-18-5-7-19-8-6-18/h1-2,9H,3-8H2,(H2,16,17,20). The summed E-state index contributed by atoms with van der Waals surface area (Å²) in [5, 5.41) is 5.91. The predicted octanol–water partition coefficient (Wildman–Crippen LogP) is 1.58. The molecule has 0 saturated carbocycles. The second kappa shape index (κ2) is 7.47. The van der Waals surface area contributed by atoms with Crippen molar-refractivity contribution < 1.29 is 13.5 Å². The van der Waals surface area contributed by atoms with E-state index in [0.29, 0.717) is 6.54 Å². The minimum Gasteiger partial charge on any atom is -0.379 e. The zero-order chi connectivity index (χ0) is 14.4. The van der Waals surface area contributed by atoms with Crippen molar-refractivity contribution in [3.05, 3.63) is 29.8 Å². The van der Waals surface area contributed by atoms with Gasteiger partial charge >= 0.3 is 0 Å². The molecule has 0 aromatic heterocycles. The summed E-state index contributed by atoms with van der Waals surface area (Å²) in [6.45, 7) is 4.77. The normalized spacial score (nSPS) is 15.9. The molecule has 1 aromatic carbocycles. The topological polar surface area (TPSA) is 36.5 Å². The minimum atomic E-state index is -0.538. The van der Waals surface area contributed by atoms with E-state index < -0.39 is 11.6 Å². The van der Waals surface area contributed by atoms with Crippen LogP contribution in [-0.2, 0) is 4.74 Å². The highest BCUT2D eigenvalue weighted by Crippen LogP contribution is 2.14. The van der Waals surface area contributed by atoms with E-state index in [1.807, 2.05) is 0 Å². The monoisotopic (exact) mass is 301 g/mol. The van der Waals surface area contributed by atoms with Gasteiger partial charge < -0.3 is 15.4 Å². The highest BCUT2D eigenvalue weighted by molar-refractivity contribution is 7.80. The van der Waals surface area contributed by atoms with Crippen LogP contribution in [-0.4, -0.2) is 49.4 Å². The fourth-order valence-electron chi connectivity index (χ4n) is 1.91.